The van der Waals surface area contributed by atoms with Crippen LogP contribution in [0.15, 0.2) is 35.1 Å². The predicted octanol–water partition coefficient (Wildman–Crippen LogP) is 3.18. The molecule has 1 aromatic carbocycles. The number of carbonyl (C=O) groups is 1. The topological polar surface area (TPSA) is 87.4 Å². The Kier molecular flexibility index (Phi) is 5.05. The monoisotopic (exact) mass is 317 g/mol. The van der Waals surface area contributed by atoms with Gasteiger partial charge >= 0.3 is 6.03 Å². The van der Waals surface area contributed by atoms with Crippen molar-refractivity contribution in [3.8, 4) is 11.5 Å². The number of aryl methyl sites for hydroxylation is 1. The number of amides is 2. The fourth-order valence-electron chi connectivity index (χ4n) is 2.11. The number of nitrogens with zero attached hydrogens (tertiary/aromatic N) is 1. The molecule has 1 heterocycles. The molecule has 6 heteroatoms. The van der Waals surface area contributed by atoms with Crippen LogP contribution in [0.2, 0.25) is 0 Å². The summed E-state index contributed by atoms with van der Waals surface area (Å²) in [5, 5.41) is 15.1. The predicted molar refractivity (Wildman–Crippen MR) is 89.2 cm³/mol. The number of oxazole rings is 1. The molecule has 6 nitrogen and oxygen atoms in total. The number of hydrogen-bond acceptors (Lipinski definition) is 4. The Balaban J connectivity index is 2.13. The van der Waals surface area contributed by atoms with Gasteiger partial charge in [-0.2, -0.15) is 0 Å². The van der Waals surface area contributed by atoms with Gasteiger partial charge in [-0.15, -0.1) is 0 Å². The molecule has 124 valence electrons. The number of aromatic nitrogens is 1. The van der Waals surface area contributed by atoms with Crippen molar-refractivity contribution in [1.29, 1.82) is 0 Å². The largest absolute Gasteiger partial charge is 0.445 e. The van der Waals surface area contributed by atoms with Crippen LogP contribution in [-0.2, 0) is 0 Å². The lowest BCUT2D eigenvalue weighted by atomic mass is 9.87. The molecule has 0 aliphatic rings. The number of nitrogens with one attached hydrogen (secondary N) is 2. The quantitative estimate of drug-likeness (QED) is 0.808. The maximum absolute atomic E-state index is 12.2. The van der Waals surface area contributed by atoms with Crippen LogP contribution >= 0.6 is 0 Å². The van der Waals surface area contributed by atoms with Crippen molar-refractivity contribution in [2.24, 2.45) is 5.41 Å². The van der Waals surface area contributed by atoms with Gasteiger partial charge in [-0.3, -0.25) is 0 Å². The molecule has 0 aliphatic heterocycles. The van der Waals surface area contributed by atoms with E-state index < -0.39 is 0 Å². The highest BCUT2D eigenvalue weighted by Crippen LogP contribution is 2.24. The third kappa shape index (κ3) is 4.32. The van der Waals surface area contributed by atoms with Gasteiger partial charge in [-0.25, -0.2) is 9.78 Å². The molecule has 3 N–H and O–H groups in total. The number of aliphatic hydroxyl groups is 1. The van der Waals surface area contributed by atoms with Crippen molar-refractivity contribution in [3.63, 3.8) is 0 Å². The summed E-state index contributed by atoms with van der Waals surface area (Å²) in [6.45, 7) is 7.67. The first-order valence-corrected chi connectivity index (χ1v) is 7.50. The lowest BCUT2D eigenvalue weighted by Gasteiger charge is -2.29. The molecule has 0 aliphatic carbocycles. The maximum atomic E-state index is 12.2. The van der Waals surface area contributed by atoms with Crippen molar-refractivity contribution in [3.05, 3.63) is 36.2 Å². The van der Waals surface area contributed by atoms with Gasteiger partial charge in [0.05, 0.1) is 18.8 Å². The Morgan fingerprint density at radius 2 is 2.13 bits per heavy atom. The van der Waals surface area contributed by atoms with Crippen LogP contribution in [0.25, 0.3) is 11.5 Å². The molecule has 0 radical (unpaired) electrons. The lowest BCUT2D eigenvalue weighted by Crippen LogP contribution is -2.47. The van der Waals surface area contributed by atoms with E-state index >= 15 is 0 Å². The first kappa shape index (κ1) is 17.0. The van der Waals surface area contributed by atoms with Crippen LogP contribution in [0.1, 0.15) is 26.3 Å². The Hall–Kier alpha value is -2.34. The molecule has 0 spiro atoms. The van der Waals surface area contributed by atoms with Crippen molar-refractivity contribution in [1.82, 2.24) is 10.3 Å². The molecule has 2 rings (SSSR count). The molecular weight excluding hydrogens is 294 g/mol. The van der Waals surface area contributed by atoms with E-state index in [0.29, 0.717) is 11.6 Å². The fourth-order valence-corrected chi connectivity index (χ4v) is 2.11. The van der Waals surface area contributed by atoms with E-state index in [0.717, 1.165) is 11.1 Å². The lowest BCUT2D eigenvalue weighted by molar-refractivity contribution is 0.162. The first-order valence-electron chi connectivity index (χ1n) is 7.50. The van der Waals surface area contributed by atoms with E-state index in [9.17, 15) is 9.90 Å². The first-order chi connectivity index (χ1) is 10.8. The van der Waals surface area contributed by atoms with Gasteiger partial charge in [-0.05, 0) is 30.0 Å². The number of rotatable bonds is 4. The normalized spacial score (nSPS) is 12.7. The molecule has 1 aromatic heterocycles. The summed E-state index contributed by atoms with van der Waals surface area (Å²) in [7, 11) is 0. The van der Waals surface area contributed by atoms with Gasteiger partial charge in [-0.1, -0.05) is 26.8 Å². The van der Waals surface area contributed by atoms with Gasteiger partial charge < -0.3 is 20.2 Å². The SMILES string of the molecule is Cc1ccc(-c2ncco2)cc1NC(=O)N[C@H](CO)C(C)(C)C. The van der Waals surface area contributed by atoms with E-state index in [-0.39, 0.29) is 24.1 Å². The molecule has 0 saturated heterocycles. The van der Waals surface area contributed by atoms with Crippen LogP contribution in [0.3, 0.4) is 0 Å². The molecule has 0 bridgehead atoms. The van der Waals surface area contributed by atoms with Crippen molar-refractivity contribution >= 4 is 11.7 Å². The molecule has 2 amide bonds. The number of carbonyl (C=O) groups excluding carboxylic acids is 1. The summed E-state index contributed by atoms with van der Waals surface area (Å²) >= 11 is 0. The summed E-state index contributed by atoms with van der Waals surface area (Å²) in [5.74, 6) is 0.497. The zero-order valence-electron chi connectivity index (χ0n) is 13.9. The summed E-state index contributed by atoms with van der Waals surface area (Å²) in [6.07, 6.45) is 3.08. The summed E-state index contributed by atoms with van der Waals surface area (Å²) in [6, 6.07) is 4.90. The molecule has 0 saturated carbocycles. The van der Waals surface area contributed by atoms with Crippen LogP contribution < -0.4 is 10.6 Å². The summed E-state index contributed by atoms with van der Waals surface area (Å²) in [5.41, 5.74) is 2.14. The van der Waals surface area contributed by atoms with Crippen molar-refractivity contribution in [2.45, 2.75) is 33.7 Å². The van der Waals surface area contributed by atoms with E-state index in [1.165, 1.54) is 6.26 Å². The van der Waals surface area contributed by atoms with Crippen LogP contribution in [0.5, 0.6) is 0 Å². The highest BCUT2D eigenvalue weighted by molar-refractivity contribution is 5.91. The van der Waals surface area contributed by atoms with Crippen LogP contribution in [0, 0.1) is 12.3 Å². The van der Waals surface area contributed by atoms with Crippen LogP contribution in [0.4, 0.5) is 10.5 Å². The van der Waals surface area contributed by atoms with Gasteiger partial charge in [0.1, 0.15) is 6.26 Å². The molecule has 23 heavy (non-hydrogen) atoms. The highest BCUT2D eigenvalue weighted by atomic mass is 16.3. The molecule has 2 aromatic rings. The number of anilines is 1. The van der Waals surface area contributed by atoms with Gasteiger partial charge in [0.2, 0.25) is 5.89 Å². The molecule has 0 fully saturated rings. The Bertz CT molecular complexity index is 660. The Morgan fingerprint density at radius 3 is 2.70 bits per heavy atom. The third-order valence-electron chi connectivity index (χ3n) is 3.70. The van der Waals surface area contributed by atoms with Gasteiger partial charge in [0, 0.05) is 11.3 Å². The maximum Gasteiger partial charge on any atom is 0.319 e. The van der Waals surface area contributed by atoms with E-state index in [2.05, 4.69) is 15.6 Å². The number of hydrogen-bond donors (Lipinski definition) is 3. The van der Waals surface area contributed by atoms with E-state index in [1.807, 2.05) is 45.9 Å². The molecule has 0 unspecified atom stereocenters. The number of urea groups is 1. The zero-order valence-corrected chi connectivity index (χ0v) is 13.9. The van der Waals surface area contributed by atoms with Crippen molar-refractivity contribution < 1.29 is 14.3 Å². The van der Waals surface area contributed by atoms with Crippen LogP contribution in [-0.4, -0.2) is 28.8 Å². The minimum absolute atomic E-state index is 0.119. The number of aliphatic hydroxyl groups excluding tert-OH is 1. The zero-order chi connectivity index (χ0) is 17.0. The Morgan fingerprint density at radius 1 is 1.39 bits per heavy atom. The average molecular weight is 317 g/mol. The second-order valence-electron chi connectivity index (χ2n) is 6.57. The van der Waals surface area contributed by atoms with Gasteiger partial charge in [0.25, 0.3) is 0 Å². The summed E-state index contributed by atoms with van der Waals surface area (Å²) < 4.78 is 5.27. The average Bonchev–Trinajstić information content (AvgIpc) is 3.00. The van der Waals surface area contributed by atoms with Gasteiger partial charge in [0.15, 0.2) is 0 Å². The second kappa shape index (κ2) is 6.83. The standard InChI is InChI=1S/C17H23N3O3/c1-11-5-6-12(15-18-7-8-23-15)9-13(11)19-16(22)20-14(10-21)17(2,3)4/h5-9,14,21H,10H2,1-4H3,(H2,19,20,22)/t14-/m1/s1. The smallest absolute Gasteiger partial charge is 0.319 e. The fraction of sp³-hybridized carbons (Fsp3) is 0.412. The second-order valence-corrected chi connectivity index (χ2v) is 6.57. The molecular formula is C17H23N3O3. The Labute approximate surface area is 135 Å². The number of benzene rings is 1. The van der Waals surface area contributed by atoms with E-state index in [1.54, 1.807) is 6.20 Å². The third-order valence-corrected chi connectivity index (χ3v) is 3.70. The molecule has 1 atom stereocenters. The highest BCUT2D eigenvalue weighted by Gasteiger charge is 2.25. The van der Waals surface area contributed by atoms with E-state index in [4.69, 9.17) is 4.42 Å². The van der Waals surface area contributed by atoms with Crippen molar-refractivity contribution in [2.75, 3.05) is 11.9 Å². The minimum Gasteiger partial charge on any atom is -0.445 e. The summed E-state index contributed by atoms with van der Waals surface area (Å²) in [4.78, 5) is 16.3. The minimum atomic E-state index is -0.355.